The predicted octanol–water partition coefficient (Wildman–Crippen LogP) is 2.71. The minimum atomic E-state index is 0. The highest BCUT2D eigenvalue weighted by molar-refractivity contribution is 5.91. The normalized spacial score (nSPS) is 21.3. The summed E-state index contributed by atoms with van der Waals surface area (Å²) < 4.78 is 5.08. The summed E-state index contributed by atoms with van der Waals surface area (Å²) in [6, 6.07) is 7.92. The average molecular weight is 299 g/mol. The van der Waals surface area contributed by atoms with Gasteiger partial charge in [0.2, 0.25) is 5.91 Å². The molecule has 112 valence electrons. The SMILES string of the molecule is COCc1cccc(NC(=O)C[C@@H]2CCC[C@H]2N)c1.Cl. The number of hydrogen-bond donors (Lipinski definition) is 2. The Kier molecular flexibility index (Phi) is 6.99. The fourth-order valence-electron chi connectivity index (χ4n) is 2.67. The third-order valence-electron chi connectivity index (χ3n) is 3.69. The molecule has 2 rings (SSSR count). The zero-order chi connectivity index (χ0) is 13.7. The number of nitrogens with two attached hydrogens (primary N) is 1. The standard InChI is InChI=1S/C15H22N2O2.ClH/c1-19-10-11-4-2-6-13(8-11)17-15(18)9-12-5-3-7-14(12)16;/h2,4,6,8,12,14H,3,5,7,9-10,16H2,1H3,(H,17,18);1H/t12-,14+;/m0./s1. The van der Waals surface area contributed by atoms with E-state index in [1.807, 2.05) is 24.3 Å². The lowest BCUT2D eigenvalue weighted by molar-refractivity contribution is -0.117. The number of anilines is 1. The van der Waals surface area contributed by atoms with E-state index >= 15 is 0 Å². The van der Waals surface area contributed by atoms with Gasteiger partial charge in [0.05, 0.1) is 6.61 Å². The highest BCUT2D eigenvalue weighted by atomic mass is 35.5. The fraction of sp³-hybridized carbons (Fsp3) is 0.533. The van der Waals surface area contributed by atoms with Crippen LogP contribution in [0.25, 0.3) is 0 Å². The summed E-state index contributed by atoms with van der Waals surface area (Å²) >= 11 is 0. The zero-order valence-electron chi connectivity index (χ0n) is 11.8. The van der Waals surface area contributed by atoms with Crippen LogP contribution in [0, 0.1) is 5.92 Å². The summed E-state index contributed by atoms with van der Waals surface area (Å²) in [5, 5.41) is 2.94. The number of nitrogens with one attached hydrogen (secondary N) is 1. The number of rotatable bonds is 5. The third kappa shape index (κ3) is 4.78. The van der Waals surface area contributed by atoms with Gasteiger partial charge in [0.25, 0.3) is 0 Å². The Hall–Kier alpha value is -1.10. The molecule has 0 bridgehead atoms. The molecule has 0 aromatic heterocycles. The zero-order valence-corrected chi connectivity index (χ0v) is 12.6. The van der Waals surface area contributed by atoms with Crippen molar-refractivity contribution in [1.82, 2.24) is 0 Å². The molecular weight excluding hydrogens is 276 g/mol. The van der Waals surface area contributed by atoms with Crippen LogP contribution in [0.2, 0.25) is 0 Å². The largest absolute Gasteiger partial charge is 0.380 e. The molecular formula is C15H23ClN2O2. The van der Waals surface area contributed by atoms with E-state index in [-0.39, 0.29) is 24.4 Å². The molecule has 1 amide bonds. The van der Waals surface area contributed by atoms with Gasteiger partial charge in [-0.3, -0.25) is 4.79 Å². The first-order valence-corrected chi connectivity index (χ1v) is 6.82. The van der Waals surface area contributed by atoms with Gasteiger partial charge in [-0.1, -0.05) is 18.6 Å². The van der Waals surface area contributed by atoms with E-state index in [9.17, 15) is 4.79 Å². The van der Waals surface area contributed by atoms with Gasteiger partial charge in [-0.15, -0.1) is 12.4 Å². The number of methoxy groups -OCH3 is 1. The third-order valence-corrected chi connectivity index (χ3v) is 3.69. The van der Waals surface area contributed by atoms with Crippen LogP contribution in [0.4, 0.5) is 5.69 Å². The summed E-state index contributed by atoms with van der Waals surface area (Å²) in [6.07, 6.45) is 3.78. The van der Waals surface area contributed by atoms with Crippen molar-refractivity contribution in [2.75, 3.05) is 12.4 Å². The van der Waals surface area contributed by atoms with E-state index in [4.69, 9.17) is 10.5 Å². The first-order valence-electron chi connectivity index (χ1n) is 6.82. The number of benzene rings is 1. The molecule has 0 radical (unpaired) electrons. The Morgan fingerprint density at radius 3 is 2.90 bits per heavy atom. The van der Waals surface area contributed by atoms with E-state index in [0.717, 1.165) is 30.5 Å². The summed E-state index contributed by atoms with van der Waals surface area (Å²) in [4.78, 5) is 12.0. The molecule has 1 aromatic rings. The lowest BCUT2D eigenvalue weighted by atomic mass is 10.00. The van der Waals surface area contributed by atoms with Crippen molar-refractivity contribution < 1.29 is 9.53 Å². The Bertz CT molecular complexity index is 440. The molecule has 5 heteroatoms. The number of carbonyl (C=O) groups is 1. The van der Waals surface area contributed by atoms with Crippen LogP contribution in [-0.2, 0) is 16.1 Å². The molecule has 0 heterocycles. The number of hydrogen-bond acceptors (Lipinski definition) is 3. The first kappa shape index (κ1) is 17.0. The number of halogens is 1. The maximum absolute atomic E-state index is 12.0. The molecule has 4 nitrogen and oxygen atoms in total. The first-order chi connectivity index (χ1) is 9.19. The molecule has 0 aliphatic heterocycles. The summed E-state index contributed by atoms with van der Waals surface area (Å²) in [5.41, 5.74) is 7.87. The summed E-state index contributed by atoms with van der Waals surface area (Å²) in [6.45, 7) is 0.553. The van der Waals surface area contributed by atoms with Crippen LogP contribution in [0.5, 0.6) is 0 Å². The van der Waals surface area contributed by atoms with Crippen molar-refractivity contribution in [1.29, 1.82) is 0 Å². The Morgan fingerprint density at radius 1 is 1.45 bits per heavy atom. The second-order valence-electron chi connectivity index (χ2n) is 5.24. The van der Waals surface area contributed by atoms with E-state index in [1.165, 1.54) is 0 Å². The highest BCUT2D eigenvalue weighted by Gasteiger charge is 2.25. The quantitative estimate of drug-likeness (QED) is 0.878. The van der Waals surface area contributed by atoms with Gasteiger partial charge in [-0.25, -0.2) is 0 Å². The van der Waals surface area contributed by atoms with Gasteiger partial charge in [-0.05, 0) is 36.5 Å². The van der Waals surface area contributed by atoms with E-state index in [0.29, 0.717) is 18.9 Å². The van der Waals surface area contributed by atoms with Crippen molar-refractivity contribution in [3.8, 4) is 0 Å². The Balaban J connectivity index is 0.00000200. The summed E-state index contributed by atoms with van der Waals surface area (Å²) in [7, 11) is 1.66. The predicted molar refractivity (Wildman–Crippen MR) is 83.0 cm³/mol. The molecule has 3 N–H and O–H groups in total. The van der Waals surface area contributed by atoms with Crippen LogP contribution in [-0.4, -0.2) is 19.1 Å². The van der Waals surface area contributed by atoms with Crippen molar-refractivity contribution in [2.24, 2.45) is 11.7 Å². The average Bonchev–Trinajstić information content (AvgIpc) is 2.76. The molecule has 0 spiro atoms. The van der Waals surface area contributed by atoms with Gasteiger partial charge in [0.15, 0.2) is 0 Å². The smallest absolute Gasteiger partial charge is 0.224 e. The molecule has 0 unspecified atom stereocenters. The van der Waals surface area contributed by atoms with Gasteiger partial charge in [-0.2, -0.15) is 0 Å². The maximum Gasteiger partial charge on any atom is 0.224 e. The molecule has 1 saturated carbocycles. The second kappa shape index (κ2) is 8.25. The molecule has 1 aromatic carbocycles. The van der Waals surface area contributed by atoms with Crippen LogP contribution >= 0.6 is 12.4 Å². The topological polar surface area (TPSA) is 64.3 Å². The van der Waals surface area contributed by atoms with E-state index < -0.39 is 0 Å². The van der Waals surface area contributed by atoms with Crippen molar-refractivity contribution in [3.05, 3.63) is 29.8 Å². The van der Waals surface area contributed by atoms with Crippen LogP contribution in [0.15, 0.2) is 24.3 Å². The lowest BCUT2D eigenvalue weighted by Gasteiger charge is -2.15. The maximum atomic E-state index is 12.0. The second-order valence-corrected chi connectivity index (χ2v) is 5.24. The fourth-order valence-corrected chi connectivity index (χ4v) is 2.67. The molecule has 20 heavy (non-hydrogen) atoms. The molecule has 0 saturated heterocycles. The van der Waals surface area contributed by atoms with Crippen molar-refractivity contribution in [2.45, 2.75) is 38.3 Å². The summed E-state index contributed by atoms with van der Waals surface area (Å²) in [5.74, 6) is 0.388. The number of carbonyl (C=O) groups excluding carboxylic acids is 1. The van der Waals surface area contributed by atoms with Crippen molar-refractivity contribution in [3.63, 3.8) is 0 Å². The molecule has 1 aliphatic rings. The number of amides is 1. The van der Waals surface area contributed by atoms with Crippen molar-refractivity contribution >= 4 is 24.0 Å². The van der Waals surface area contributed by atoms with Gasteiger partial charge in [0.1, 0.15) is 0 Å². The minimum Gasteiger partial charge on any atom is -0.380 e. The number of ether oxygens (including phenoxy) is 1. The Morgan fingerprint density at radius 2 is 2.25 bits per heavy atom. The van der Waals surface area contributed by atoms with Crippen LogP contribution < -0.4 is 11.1 Å². The molecule has 1 aliphatic carbocycles. The van der Waals surface area contributed by atoms with Gasteiger partial charge in [0, 0.05) is 25.3 Å². The Labute approximate surface area is 126 Å². The van der Waals surface area contributed by atoms with Gasteiger partial charge >= 0.3 is 0 Å². The highest BCUT2D eigenvalue weighted by Crippen LogP contribution is 2.27. The molecule has 1 fully saturated rings. The van der Waals surface area contributed by atoms with Gasteiger partial charge < -0.3 is 15.8 Å². The minimum absolute atomic E-state index is 0. The van der Waals surface area contributed by atoms with E-state index in [1.54, 1.807) is 7.11 Å². The van der Waals surface area contributed by atoms with Crippen LogP contribution in [0.1, 0.15) is 31.2 Å². The van der Waals surface area contributed by atoms with Crippen LogP contribution in [0.3, 0.4) is 0 Å². The molecule has 2 atom stereocenters. The monoisotopic (exact) mass is 298 g/mol. The van der Waals surface area contributed by atoms with E-state index in [2.05, 4.69) is 5.32 Å². The lowest BCUT2D eigenvalue weighted by Crippen LogP contribution is -2.28.